The highest BCUT2D eigenvalue weighted by Gasteiger charge is 2.04. The van der Waals surface area contributed by atoms with E-state index in [9.17, 15) is 0 Å². The van der Waals surface area contributed by atoms with Crippen LogP contribution in [0, 0.1) is 0 Å². The van der Waals surface area contributed by atoms with Crippen molar-refractivity contribution in [2.45, 2.75) is 6.54 Å². The van der Waals surface area contributed by atoms with Crippen LogP contribution in [0.1, 0.15) is 5.56 Å². The average Bonchev–Trinajstić information content (AvgIpc) is 2.38. The molecule has 0 atom stereocenters. The molecular weight excluding hydrogens is 238 g/mol. The standard InChI is InChI=1S/C12H12ClN3O/c1-17-10-5-3-2-4-9(10)8-16-12-11(13)14-6-7-15-12/h2-7H,8H2,1H3,(H,15,16). The summed E-state index contributed by atoms with van der Waals surface area (Å²) in [6.07, 6.45) is 3.15. The van der Waals surface area contributed by atoms with Crippen molar-refractivity contribution >= 4 is 17.4 Å². The van der Waals surface area contributed by atoms with Gasteiger partial charge in [0.1, 0.15) is 5.75 Å². The zero-order valence-electron chi connectivity index (χ0n) is 9.35. The lowest BCUT2D eigenvalue weighted by Crippen LogP contribution is -2.04. The van der Waals surface area contributed by atoms with Gasteiger partial charge >= 0.3 is 0 Å². The first-order chi connectivity index (χ1) is 8.31. The fraction of sp³-hybridized carbons (Fsp3) is 0.167. The maximum atomic E-state index is 5.90. The molecule has 17 heavy (non-hydrogen) atoms. The summed E-state index contributed by atoms with van der Waals surface area (Å²) in [7, 11) is 1.65. The molecule has 88 valence electrons. The highest BCUT2D eigenvalue weighted by atomic mass is 35.5. The van der Waals surface area contributed by atoms with Gasteiger partial charge in [-0.25, -0.2) is 9.97 Å². The van der Waals surface area contributed by atoms with Crippen LogP contribution in [0.15, 0.2) is 36.7 Å². The Labute approximate surface area is 105 Å². The average molecular weight is 250 g/mol. The van der Waals surface area contributed by atoms with Crippen molar-refractivity contribution in [3.8, 4) is 5.75 Å². The SMILES string of the molecule is COc1ccccc1CNc1nccnc1Cl. The molecule has 0 aliphatic rings. The zero-order valence-corrected chi connectivity index (χ0v) is 10.1. The molecule has 0 spiro atoms. The van der Waals surface area contributed by atoms with E-state index in [1.807, 2.05) is 24.3 Å². The van der Waals surface area contributed by atoms with E-state index < -0.39 is 0 Å². The molecule has 0 saturated carbocycles. The molecule has 0 radical (unpaired) electrons. The monoisotopic (exact) mass is 249 g/mol. The predicted molar refractivity (Wildman–Crippen MR) is 67.4 cm³/mol. The second-order valence-electron chi connectivity index (χ2n) is 3.36. The fourth-order valence-electron chi connectivity index (χ4n) is 1.47. The van der Waals surface area contributed by atoms with Crippen LogP contribution < -0.4 is 10.1 Å². The van der Waals surface area contributed by atoms with Crippen LogP contribution in [-0.4, -0.2) is 17.1 Å². The predicted octanol–water partition coefficient (Wildman–Crippen LogP) is 2.75. The maximum absolute atomic E-state index is 5.90. The summed E-state index contributed by atoms with van der Waals surface area (Å²) >= 11 is 5.90. The van der Waals surface area contributed by atoms with Gasteiger partial charge in [-0.05, 0) is 6.07 Å². The first kappa shape index (κ1) is 11.7. The van der Waals surface area contributed by atoms with Crippen molar-refractivity contribution in [2.24, 2.45) is 0 Å². The van der Waals surface area contributed by atoms with E-state index in [2.05, 4.69) is 15.3 Å². The first-order valence-corrected chi connectivity index (χ1v) is 5.51. The van der Waals surface area contributed by atoms with Crippen molar-refractivity contribution in [3.05, 3.63) is 47.4 Å². The van der Waals surface area contributed by atoms with Gasteiger partial charge in [0.2, 0.25) is 0 Å². The van der Waals surface area contributed by atoms with E-state index in [4.69, 9.17) is 16.3 Å². The Balaban J connectivity index is 2.10. The second-order valence-corrected chi connectivity index (χ2v) is 3.72. The third kappa shape index (κ3) is 2.85. The highest BCUT2D eigenvalue weighted by molar-refractivity contribution is 6.31. The van der Waals surface area contributed by atoms with E-state index in [1.54, 1.807) is 19.5 Å². The van der Waals surface area contributed by atoms with Gasteiger partial charge in [-0.2, -0.15) is 0 Å². The van der Waals surface area contributed by atoms with Gasteiger partial charge in [0, 0.05) is 24.5 Å². The maximum Gasteiger partial charge on any atom is 0.171 e. The lowest BCUT2D eigenvalue weighted by molar-refractivity contribution is 0.410. The van der Waals surface area contributed by atoms with Gasteiger partial charge in [0.15, 0.2) is 11.0 Å². The number of halogens is 1. The van der Waals surface area contributed by atoms with Crippen LogP contribution in [0.5, 0.6) is 5.75 Å². The number of rotatable bonds is 4. The number of nitrogens with zero attached hydrogens (tertiary/aromatic N) is 2. The van der Waals surface area contributed by atoms with Crippen LogP contribution in [0.3, 0.4) is 0 Å². The lowest BCUT2D eigenvalue weighted by atomic mass is 10.2. The smallest absolute Gasteiger partial charge is 0.171 e. The molecule has 0 unspecified atom stereocenters. The molecule has 0 fully saturated rings. The molecule has 2 aromatic rings. The minimum absolute atomic E-state index is 0.363. The largest absolute Gasteiger partial charge is 0.496 e. The number of aromatic nitrogens is 2. The molecule has 1 aromatic heterocycles. The summed E-state index contributed by atoms with van der Waals surface area (Å²) in [6.45, 7) is 0.586. The normalized spacial score (nSPS) is 10.0. The molecule has 0 aliphatic carbocycles. The molecule has 0 aliphatic heterocycles. The Kier molecular flexibility index (Phi) is 3.77. The van der Waals surface area contributed by atoms with Gasteiger partial charge in [-0.1, -0.05) is 29.8 Å². The van der Waals surface area contributed by atoms with Gasteiger partial charge < -0.3 is 10.1 Å². The van der Waals surface area contributed by atoms with Gasteiger partial charge in [0.05, 0.1) is 7.11 Å². The second kappa shape index (κ2) is 5.50. The van der Waals surface area contributed by atoms with E-state index >= 15 is 0 Å². The molecule has 2 rings (SSSR count). The van der Waals surface area contributed by atoms with E-state index in [0.29, 0.717) is 17.5 Å². The van der Waals surface area contributed by atoms with Gasteiger partial charge in [-0.3, -0.25) is 0 Å². The van der Waals surface area contributed by atoms with E-state index in [-0.39, 0.29) is 0 Å². The van der Waals surface area contributed by atoms with E-state index in [1.165, 1.54) is 0 Å². The fourth-order valence-corrected chi connectivity index (χ4v) is 1.64. The van der Waals surface area contributed by atoms with Crippen LogP contribution in [-0.2, 0) is 6.54 Å². The molecule has 4 nitrogen and oxygen atoms in total. The highest BCUT2D eigenvalue weighted by Crippen LogP contribution is 2.20. The summed E-state index contributed by atoms with van der Waals surface area (Å²) in [5.74, 6) is 1.40. The number of hydrogen-bond acceptors (Lipinski definition) is 4. The molecule has 0 bridgehead atoms. The van der Waals surface area contributed by atoms with Gasteiger partial charge in [0.25, 0.3) is 0 Å². The third-order valence-electron chi connectivity index (χ3n) is 2.29. The van der Waals surface area contributed by atoms with Crippen LogP contribution in [0.4, 0.5) is 5.82 Å². The van der Waals surface area contributed by atoms with Crippen LogP contribution in [0.25, 0.3) is 0 Å². The number of nitrogens with one attached hydrogen (secondary N) is 1. The van der Waals surface area contributed by atoms with E-state index in [0.717, 1.165) is 11.3 Å². The molecule has 0 saturated heterocycles. The number of anilines is 1. The van der Waals surface area contributed by atoms with Crippen molar-refractivity contribution in [3.63, 3.8) is 0 Å². The zero-order chi connectivity index (χ0) is 12.1. The minimum atomic E-state index is 0.363. The first-order valence-electron chi connectivity index (χ1n) is 5.13. The number of para-hydroxylation sites is 1. The Morgan fingerprint density at radius 1 is 1.24 bits per heavy atom. The molecule has 1 aromatic carbocycles. The molecule has 1 N–H and O–H groups in total. The number of hydrogen-bond donors (Lipinski definition) is 1. The Morgan fingerprint density at radius 3 is 2.76 bits per heavy atom. The topological polar surface area (TPSA) is 47.0 Å². The molecule has 1 heterocycles. The number of methoxy groups -OCH3 is 1. The molecular formula is C12H12ClN3O. The quantitative estimate of drug-likeness (QED) is 0.905. The number of benzene rings is 1. The Bertz CT molecular complexity index is 505. The summed E-state index contributed by atoms with van der Waals surface area (Å²) in [5, 5.41) is 3.48. The van der Waals surface area contributed by atoms with Crippen molar-refractivity contribution in [1.29, 1.82) is 0 Å². The number of ether oxygens (including phenoxy) is 1. The van der Waals surface area contributed by atoms with Gasteiger partial charge in [-0.15, -0.1) is 0 Å². The summed E-state index contributed by atoms with van der Waals surface area (Å²) < 4.78 is 5.25. The molecule has 5 heteroatoms. The van der Waals surface area contributed by atoms with Crippen molar-refractivity contribution in [2.75, 3.05) is 12.4 Å². The third-order valence-corrected chi connectivity index (χ3v) is 2.57. The Hall–Kier alpha value is -1.81. The summed E-state index contributed by atoms with van der Waals surface area (Å²) in [6, 6.07) is 7.78. The Morgan fingerprint density at radius 2 is 2.00 bits per heavy atom. The van der Waals surface area contributed by atoms with Crippen molar-refractivity contribution in [1.82, 2.24) is 9.97 Å². The van der Waals surface area contributed by atoms with Crippen LogP contribution >= 0.6 is 11.6 Å². The minimum Gasteiger partial charge on any atom is -0.496 e. The van der Waals surface area contributed by atoms with Crippen LogP contribution in [0.2, 0.25) is 5.15 Å². The van der Waals surface area contributed by atoms with Crippen molar-refractivity contribution < 1.29 is 4.74 Å². The lowest BCUT2D eigenvalue weighted by Gasteiger charge is -2.10. The molecule has 0 amide bonds. The summed E-state index contributed by atoms with van der Waals surface area (Å²) in [4.78, 5) is 8.05. The summed E-state index contributed by atoms with van der Waals surface area (Å²) in [5.41, 5.74) is 1.04.